The predicted octanol–water partition coefficient (Wildman–Crippen LogP) is 3.09. The van der Waals surface area contributed by atoms with E-state index in [9.17, 15) is 14.9 Å². The minimum Gasteiger partial charge on any atom is -0.454 e. The minimum atomic E-state index is -0.433. The number of nitrogens with one attached hydrogen (secondary N) is 2. The average molecular weight is 403 g/mol. The molecule has 3 heterocycles. The molecule has 0 unspecified atom stereocenters. The molecule has 1 amide bonds. The summed E-state index contributed by atoms with van der Waals surface area (Å²) < 4.78 is 7.22. The fourth-order valence-corrected chi connectivity index (χ4v) is 4.52. The van der Waals surface area contributed by atoms with E-state index in [2.05, 4.69) is 43.4 Å². The molecule has 0 aliphatic carbocycles. The second-order valence-corrected chi connectivity index (χ2v) is 9.17. The molecule has 0 spiro atoms. The molecule has 1 aliphatic rings. The molecule has 0 bridgehead atoms. The van der Waals surface area contributed by atoms with Gasteiger partial charge in [0.2, 0.25) is 0 Å². The van der Waals surface area contributed by atoms with Crippen LogP contribution in [0, 0.1) is 24.0 Å². The molecular formula is C20H29N5O4. The Morgan fingerprint density at radius 1 is 1.31 bits per heavy atom. The summed E-state index contributed by atoms with van der Waals surface area (Å²) in [5.41, 5.74) is 0.670. The molecule has 3 rings (SSSR count). The molecule has 9 heteroatoms. The Morgan fingerprint density at radius 3 is 2.48 bits per heavy atom. The maximum Gasteiger partial charge on any atom is 0.312 e. The molecule has 1 fully saturated rings. The van der Waals surface area contributed by atoms with Crippen molar-refractivity contribution in [3.05, 3.63) is 45.2 Å². The highest BCUT2D eigenvalue weighted by Crippen LogP contribution is 2.29. The summed E-state index contributed by atoms with van der Waals surface area (Å²) in [4.78, 5) is 23.4. The van der Waals surface area contributed by atoms with Crippen LogP contribution in [0.5, 0.6) is 0 Å². The Labute approximate surface area is 170 Å². The van der Waals surface area contributed by atoms with Crippen molar-refractivity contribution in [2.75, 3.05) is 0 Å². The summed E-state index contributed by atoms with van der Waals surface area (Å²) in [6, 6.07) is 3.37. The number of hydrogen-bond acceptors (Lipinski definition) is 6. The molecule has 0 aromatic carbocycles. The van der Waals surface area contributed by atoms with Crippen molar-refractivity contribution in [2.45, 2.75) is 78.0 Å². The molecule has 0 saturated carbocycles. The molecule has 2 aromatic rings. The number of aromatic nitrogens is 2. The van der Waals surface area contributed by atoms with Gasteiger partial charge in [0.05, 0.1) is 11.5 Å². The van der Waals surface area contributed by atoms with Crippen LogP contribution in [0.1, 0.15) is 68.2 Å². The number of carbonyl (C=O) groups excluding carboxylic acids is 1. The van der Waals surface area contributed by atoms with Gasteiger partial charge >= 0.3 is 5.69 Å². The standard InChI is InChI=1S/C20H29N5O4/c1-12-17(25(27)28)13(2)24(22-12)11-15-7-8-16(29-15)18(26)21-14-9-19(3,4)23-20(5,6)10-14/h7-8,14,23H,9-11H2,1-6H3,(H,21,26). The van der Waals surface area contributed by atoms with E-state index in [1.165, 1.54) is 4.68 Å². The van der Waals surface area contributed by atoms with E-state index in [1.54, 1.807) is 26.0 Å². The van der Waals surface area contributed by atoms with Crippen LogP contribution in [0.15, 0.2) is 16.5 Å². The quantitative estimate of drug-likeness (QED) is 0.585. The summed E-state index contributed by atoms with van der Waals surface area (Å²) in [5.74, 6) is 0.487. The summed E-state index contributed by atoms with van der Waals surface area (Å²) in [6.07, 6.45) is 1.65. The first-order valence-electron chi connectivity index (χ1n) is 9.74. The van der Waals surface area contributed by atoms with Crippen LogP contribution in [0.3, 0.4) is 0 Å². The molecule has 158 valence electrons. The second kappa shape index (κ2) is 7.29. The highest BCUT2D eigenvalue weighted by Gasteiger charge is 2.38. The number of nitrogens with zero attached hydrogens (tertiary/aromatic N) is 3. The van der Waals surface area contributed by atoms with Crippen molar-refractivity contribution in [1.82, 2.24) is 20.4 Å². The molecule has 2 N–H and O–H groups in total. The molecule has 2 aromatic heterocycles. The molecule has 9 nitrogen and oxygen atoms in total. The Hall–Kier alpha value is -2.68. The number of hydrogen-bond donors (Lipinski definition) is 2. The van der Waals surface area contributed by atoms with E-state index in [0.717, 1.165) is 12.8 Å². The Bertz CT molecular complexity index is 925. The lowest BCUT2D eigenvalue weighted by Crippen LogP contribution is -2.62. The maximum atomic E-state index is 12.7. The van der Waals surface area contributed by atoms with Crippen molar-refractivity contribution in [2.24, 2.45) is 0 Å². The Balaban J connectivity index is 1.69. The molecule has 1 aliphatic heterocycles. The molecule has 0 atom stereocenters. The van der Waals surface area contributed by atoms with E-state index in [0.29, 0.717) is 17.1 Å². The van der Waals surface area contributed by atoms with Crippen molar-refractivity contribution in [3.63, 3.8) is 0 Å². The van der Waals surface area contributed by atoms with Gasteiger partial charge in [0.25, 0.3) is 5.91 Å². The average Bonchev–Trinajstić information content (AvgIpc) is 3.09. The number of piperidine rings is 1. The number of nitro groups is 1. The zero-order valence-electron chi connectivity index (χ0n) is 17.8. The van der Waals surface area contributed by atoms with Gasteiger partial charge in [0, 0.05) is 17.1 Å². The van der Waals surface area contributed by atoms with Crippen molar-refractivity contribution in [3.8, 4) is 0 Å². The van der Waals surface area contributed by atoms with Gasteiger partial charge in [0.15, 0.2) is 5.76 Å². The van der Waals surface area contributed by atoms with Crippen LogP contribution >= 0.6 is 0 Å². The first-order valence-corrected chi connectivity index (χ1v) is 9.74. The fourth-order valence-electron chi connectivity index (χ4n) is 4.52. The highest BCUT2D eigenvalue weighted by atomic mass is 16.6. The number of rotatable bonds is 5. The monoisotopic (exact) mass is 403 g/mol. The summed E-state index contributed by atoms with van der Waals surface area (Å²) in [5, 5.41) is 22.0. The third kappa shape index (κ3) is 4.67. The van der Waals surface area contributed by atoms with E-state index < -0.39 is 4.92 Å². The summed E-state index contributed by atoms with van der Waals surface area (Å²) in [6.45, 7) is 12.0. The first-order chi connectivity index (χ1) is 13.4. The van der Waals surface area contributed by atoms with Gasteiger partial charge in [-0.15, -0.1) is 0 Å². The maximum absolute atomic E-state index is 12.7. The van der Waals surface area contributed by atoms with Gasteiger partial charge in [-0.05, 0) is 66.5 Å². The van der Waals surface area contributed by atoms with Crippen LogP contribution < -0.4 is 10.6 Å². The number of amides is 1. The van der Waals surface area contributed by atoms with Crippen LogP contribution in [0.4, 0.5) is 5.69 Å². The normalized spacial score (nSPS) is 18.6. The largest absolute Gasteiger partial charge is 0.454 e. The van der Waals surface area contributed by atoms with E-state index >= 15 is 0 Å². The minimum absolute atomic E-state index is 0.00524. The van der Waals surface area contributed by atoms with E-state index in [1.807, 2.05) is 0 Å². The van der Waals surface area contributed by atoms with Gasteiger partial charge < -0.3 is 15.1 Å². The SMILES string of the molecule is Cc1nn(Cc2ccc(C(=O)NC3CC(C)(C)NC(C)(C)C3)o2)c(C)c1[N+](=O)[O-]. The summed E-state index contributed by atoms with van der Waals surface area (Å²) in [7, 11) is 0. The highest BCUT2D eigenvalue weighted by molar-refractivity contribution is 5.91. The predicted molar refractivity (Wildman–Crippen MR) is 108 cm³/mol. The number of carbonyl (C=O) groups is 1. The zero-order valence-corrected chi connectivity index (χ0v) is 17.8. The van der Waals surface area contributed by atoms with Crippen LogP contribution in [0.2, 0.25) is 0 Å². The molecular weight excluding hydrogens is 374 g/mol. The Kier molecular flexibility index (Phi) is 5.29. The first kappa shape index (κ1) is 21.0. The van der Waals surface area contributed by atoms with Gasteiger partial charge in [0.1, 0.15) is 17.1 Å². The second-order valence-electron chi connectivity index (χ2n) is 9.17. The van der Waals surface area contributed by atoms with Crippen LogP contribution in [-0.4, -0.2) is 37.7 Å². The summed E-state index contributed by atoms with van der Waals surface area (Å²) >= 11 is 0. The number of furan rings is 1. The number of aryl methyl sites for hydroxylation is 1. The lowest BCUT2D eigenvalue weighted by atomic mass is 9.79. The van der Waals surface area contributed by atoms with Gasteiger partial charge in [-0.1, -0.05) is 0 Å². The van der Waals surface area contributed by atoms with Gasteiger partial charge in [-0.25, -0.2) is 0 Å². The van der Waals surface area contributed by atoms with Gasteiger partial charge in [-0.2, -0.15) is 5.10 Å². The third-order valence-electron chi connectivity index (χ3n) is 5.24. The van der Waals surface area contributed by atoms with Gasteiger partial charge in [-0.3, -0.25) is 19.6 Å². The third-order valence-corrected chi connectivity index (χ3v) is 5.24. The smallest absolute Gasteiger partial charge is 0.312 e. The van der Waals surface area contributed by atoms with E-state index in [-0.39, 0.29) is 41.0 Å². The Morgan fingerprint density at radius 2 is 1.93 bits per heavy atom. The topological polar surface area (TPSA) is 115 Å². The van der Waals surface area contributed by atoms with Crippen LogP contribution in [0.25, 0.3) is 0 Å². The van der Waals surface area contributed by atoms with Crippen molar-refractivity contribution >= 4 is 11.6 Å². The fraction of sp³-hybridized carbons (Fsp3) is 0.600. The molecule has 1 saturated heterocycles. The molecule has 29 heavy (non-hydrogen) atoms. The lowest BCUT2D eigenvalue weighted by molar-refractivity contribution is -0.386. The zero-order chi connectivity index (χ0) is 21.6. The van der Waals surface area contributed by atoms with Crippen LogP contribution in [-0.2, 0) is 6.54 Å². The van der Waals surface area contributed by atoms with Crippen molar-refractivity contribution < 1.29 is 14.1 Å². The lowest BCUT2D eigenvalue weighted by Gasteiger charge is -2.46. The van der Waals surface area contributed by atoms with Crippen molar-refractivity contribution in [1.29, 1.82) is 0 Å². The molecule has 0 radical (unpaired) electrons. The van der Waals surface area contributed by atoms with E-state index in [4.69, 9.17) is 4.42 Å².